The van der Waals surface area contributed by atoms with Crippen LogP contribution in [0.25, 0.3) is 0 Å². The van der Waals surface area contributed by atoms with Crippen molar-refractivity contribution in [1.29, 1.82) is 0 Å². The summed E-state index contributed by atoms with van der Waals surface area (Å²) in [6.45, 7) is 5.78. The number of rotatable bonds is 35. The van der Waals surface area contributed by atoms with Crippen molar-refractivity contribution in [1.82, 2.24) is 0 Å². The molecule has 45 heavy (non-hydrogen) atoms. The van der Waals surface area contributed by atoms with E-state index in [9.17, 15) is 19.0 Å². The number of ether oxygens (including phenoxy) is 2. The Hall–Kier alpha value is -0.950. The summed E-state index contributed by atoms with van der Waals surface area (Å²) in [6, 6.07) is 0. The first-order chi connectivity index (χ1) is 21.8. The number of carbonyl (C=O) groups excluding carboxylic acids is 2. The van der Waals surface area contributed by atoms with Gasteiger partial charge in [0, 0.05) is 12.8 Å². The first kappa shape index (κ1) is 44.0. The van der Waals surface area contributed by atoms with Crippen molar-refractivity contribution in [3.05, 3.63) is 0 Å². The molecule has 9 heteroatoms. The quantitative estimate of drug-likeness (QED) is 0.0406. The normalized spacial score (nSPS) is 13.4. The molecule has 0 radical (unpaired) electrons. The number of phosphoric acid groups is 1. The van der Waals surface area contributed by atoms with Crippen LogP contribution in [0.2, 0.25) is 0 Å². The van der Waals surface area contributed by atoms with Gasteiger partial charge in [-0.2, -0.15) is 0 Å². The Morgan fingerprint density at radius 2 is 0.889 bits per heavy atom. The maximum absolute atomic E-state index is 12.5. The standard InChI is InChI=1S/C36H71O8P/c1-4-7-9-11-13-15-17-19-21-23-25-27-29-35(37)41-32-34(33-43-45(39,40)42-31-6-3)44-36(38)30-28-26-24-22-20-18-16-14-12-10-8-5-2/h34H,4-33H2,1-3H3,(H,39,40). The van der Waals surface area contributed by atoms with Gasteiger partial charge in [-0.1, -0.05) is 162 Å². The Labute approximate surface area is 277 Å². The molecule has 0 heterocycles. The van der Waals surface area contributed by atoms with E-state index in [4.69, 9.17) is 18.5 Å². The monoisotopic (exact) mass is 662 g/mol. The number of hydrogen-bond donors (Lipinski definition) is 1. The number of unbranched alkanes of at least 4 members (excludes halogenated alkanes) is 22. The lowest BCUT2D eigenvalue weighted by atomic mass is 10.0. The summed E-state index contributed by atoms with van der Waals surface area (Å²) in [5.74, 6) is -0.784. The number of carbonyl (C=O) groups is 2. The molecule has 0 spiro atoms. The highest BCUT2D eigenvalue weighted by Gasteiger charge is 2.25. The highest BCUT2D eigenvalue weighted by molar-refractivity contribution is 7.47. The van der Waals surface area contributed by atoms with E-state index < -0.39 is 19.9 Å². The smallest absolute Gasteiger partial charge is 0.462 e. The van der Waals surface area contributed by atoms with Crippen LogP contribution in [-0.2, 0) is 32.7 Å². The zero-order valence-corrected chi connectivity index (χ0v) is 30.4. The fourth-order valence-electron chi connectivity index (χ4n) is 5.26. The van der Waals surface area contributed by atoms with Crippen LogP contribution in [0.15, 0.2) is 0 Å². The van der Waals surface area contributed by atoms with E-state index in [1.807, 2.05) is 6.92 Å². The number of esters is 2. The van der Waals surface area contributed by atoms with Gasteiger partial charge in [0.1, 0.15) is 6.61 Å². The van der Waals surface area contributed by atoms with Gasteiger partial charge in [-0.15, -0.1) is 0 Å². The third kappa shape index (κ3) is 32.8. The molecule has 1 N–H and O–H groups in total. The van der Waals surface area contributed by atoms with Crippen molar-refractivity contribution in [2.24, 2.45) is 0 Å². The Bertz CT molecular complexity index is 717. The van der Waals surface area contributed by atoms with Crippen molar-refractivity contribution in [3.63, 3.8) is 0 Å². The molecule has 2 atom stereocenters. The Kier molecular flexibility index (Phi) is 32.3. The van der Waals surface area contributed by atoms with Gasteiger partial charge < -0.3 is 14.4 Å². The molecule has 0 fully saturated rings. The second-order valence-corrected chi connectivity index (χ2v) is 14.1. The van der Waals surface area contributed by atoms with Crippen LogP contribution in [-0.4, -0.2) is 42.8 Å². The van der Waals surface area contributed by atoms with Crippen LogP contribution in [0.5, 0.6) is 0 Å². The Morgan fingerprint density at radius 3 is 1.29 bits per heavy atom. The zero-order chi connectivity index (χ0) is 33.3. The summed E-state index contributed by atoms with van der Waals surface area (Å²) in [5, 5.41) is 0. The molecule has 0 saturated heterocycles. The topological polar surface area (TPSA) is 108 Å². The third-order valence-electron chi connectivity index (χ3n) is 8.08. The predicted octanol–water partition coefficient (Wildman–Crippen LogP) is 11.2. The summed E-state index contributed by atoms with van der Waals surface area (Å²) in [7, 11) is -4.28. The average Bonchev–Trinajstić information content (AvgIpc) is 3.02. The van der Waals surface area contributed by atoms with Gasteiger partial charge in [-0.25, -0.2) is 4.57 Å². The van der Waals surface area contributed by atoms with Gasteiger partial charge in [0.25, 0.3) is 0 Å². The van der Waals surface area contributed by atoms with Crippen LogP contribution >= 0.6 is 7.82 Å². The molecule has 0 aromatic heterocycles. The molecular formula is C36H71O8P. The minimum absolute atomic E-state index is 0.0746. The van der Waals surface area contributed by atoms with Crippen LogP contribution in [0.4, 0.5) is 0 Å². The van der Waals surface area contributed by atoms with Crippen LogP contribution in [0.3, 0.4) is 0 Å². The Balaban J connectivity index is 4.21. The first-order valence-corrected chi connectivity index (χ1v) is 20.3. The van der Waals surface area contributed by atoms with Gasteiger partial charge in [0.2, 0.25) is 0 Å². The molecule has 0 saturated carbocycles. The van der Waals surface area contributed by atoms with E-state index in [0.29, 0.717) is 12.8 Å². The summed E-state index contributed by atoms with van der Waals surface area (Å²) in [4.78, 5) is 34.7. The van der Waals surface area contributed by atoms with Crippen molar-refractivity contribution < 1.29 is 37.6 Å². The van der Waals surface area contributed by atoms with Crippen LogP contribution in [0, 0.1) is 0 Å². The molecule has 0 aromatic carbocycles. The lowest BCUT2D eigenvalue weighted by Gasteiger charge is -2.20. The van der Waals surface area contributed by atoms with E-state index >= 15 is 0 Å². The van der Waals surface area contributed by atoms with E-state index in [0.717, 1.165) is 38.5 Å². The molecule has 0 amide bonds. The second kappa shape index (κ2) is 33.0. The zero-order valence-electron chi connectivity index (χ0n) is 29.5. The molecule has 0 bridgehead atoms. The number of phosphoric ester groups is 1. The summed E-state index contributed by atoms with van der Waals surface area (Å²) < 4.78 is 32.9. The number of hydrogen-bond acceptors (Lipinski definition) is 7. The first-order valence-electron chi connectivity index (χ1n) is 18.8. The van der Waals surface area contributed by atoms with Gasteiger partial charge in [-0.05, 0) is 19.3 Å². The van der Waals surface area contributed by atoms with Crippen molar-refractivity contribution >= 4 is 19.8 Å². The molecule has 2 unspecified atom stereocenters. The van der Waals surface area contributed by atoms with E-state index in [2.05, 4.69) is 13.8 Å². The van der Waals surface area contributed by atoms with Crippen LogP contribution in [0.1, 0.15) is 194 Å². The van der Waals surface area contributed by atoms with Crippen molar-refractivity contribution in [3.8, 4) is 0 Å². The molecular weight excluding hydrogens is 591 g/mol. The SMILES string of the molecule is CCCCCCCCCCCCCCC(=O)OCC(COP(=O)(O)OCCC)OC(=O)CCCCCCCCCCCCCC. The van der Waals surface area contributed by atoms with Gasteiger partial charge in [0.05, 0.1) is 13.2 Å². The summed E-state index contributed by atoms with van der Waals surface area (Å²) in [5.41, 5.74) is 0. The van der Waals surface area contributed by atoms with E-state index in [-0.39, 0.29) is 32.2 Å². The second-order valence-electron chi connectivity index (χ2n) is 12.7. The van der Waals surface area contributed by atoms with Gasteiger partial charge in [-0.3, -0.25) is 18.6 Å². The molecule has 8 nitrogen and oxygen atoms in total. The lowest BCUT2D eigenvalue weighted by Crippen LogP contribution is -2.29. The van der Waals surface area contributed by atoms with Gasteiger partial charge in [0.15, 0.2) is 6.10 Å². The largest absolute Gasteiger partial charge is 0.472 e. The molecule has 0 aliphatic rings. The van der Waals surface area contributed by atoms with E-state index in [1.165, 1.54) is 116 Å². The minimum Gasteiger partial charge on any atom is -0.462 e. The fourth-order valence-corrected chi connectivity index (χ4v) is 6.10. The fraction of sp³-hybridized carbons (Fsp3) is 0.944. The molecule has 0 rings (SSSR count). The molecule has 0 aromatic rings. The van der Waals surface area contributed by atoms with Crippen molar-refractivity contribution in [2.45, 2.75) is 200 Å². The summed E-state index contributed by atoms with van der Waals surface area (Å²) in [6.07, 6.45) is 29.2. The lowest BCUT2D eigenvalue weighted by molar-refractivity contribution is -0.161. The molecule has 268 valence electrons. The van der Waals surface area contributed by atoms with Crippen LogP contribution < -0.4 is 0 Å². The minimum atomic E-state index is -4.28. The maximum atomic E-state index is 12.5. The van der Waals surface area contributed by atoms with Crippen molar-refractivity contribution in [2.75, 3.05) is 19.8 Å². The third-order valence-corrected chi connectivity index (χ3v) is 9.06. The summed E-state index contributed by atoms with van der Waals surface area (Å²) >= 11 is 0. The Morgan fingerprint density at radius 1 is 0.511 bits per heavy atom. The maximum Gasteiger partial charge on any atom is 0.472 e. The van der Waals surface area contributed by atoms with E-state index in [1.54, 1.807) is 0 Å². The molecule has 0 aliphatic heterocycles. The predicted molar refractivity (Wildman–Crippen MR) is 184 cm³/mol. The highest BCUT2D eigenvalue weighted by Crippen LogP contribution is 2.43. The van der Waals surface area contributed by atoms with Gasteiger partial charge >= 0.3 is 19.8 Å². The highest BCUT2D eigenvalue weighted by atomic mass is 31.2. The molecule has 0 aliphatic carbocycles. The average molecular weight is 663 g/mol.